The third kappa shape index (κ3) is 4.00. The number of hydrogen-bond acceptors (Lipinski definition) is 5. The third-order valence-electron chi connectivity index (χ3n) is 5.79. The Morgan fingerprint density at radius 3 is 2.63 bits per heavy atom. The van der Waals surface area contributed by atoms with Gasteiger partial charge in [-0.05, 0) is 42.9 Å². The van der Waals surface area contributed by atoms with E-state index in [2.05, 4.69) is 33.8 Å². The van der Waals surface area contributed by atoms with Crippen LogP contribution in [0.2, 0.25) is 0 Å². The van der Waals surface area contributed by atoms with Gasteiger partial charge in [0.1, 0.15) is 5.75 Å². The summed E-state index contributed by atoms with van der Waals surface area (Å²) in [6.07, 6.45) is 3.07. The standard InChI is InChI=1S/C21H28N4O2/c1-15-7-11-25(12-8-15)21-22-19-14-24(10-9-18(19)20(26)23-21)13-16-3-5-17(27-2)6-4-16/h3-6,15H,7-14H2,1-2H3,(H,22,23,26). The second kappa shape index (κ2) is 7.72. The van der Waals surface area contributed by atoms with Gasteiger partial charge in [-0.2, -0.15) is 0 Å². The maximum absolute atomic E-state index is 12.6. The number of ether oxygens (including phenoxy) is 1. The summed E-state index contributed by atoms with van der Waals surface area (Å²) in [4.78, 5) is 25.0. The van der Waals surface area contributed by atoms with Crippen molar-refractivity contribution in [1.82, 2.24) is 14.9 Å². The van der Waals surface area contributed by atoms with Crippen LogP contribution in [0.5, 0.6) is 5.75 Å². The lowest BCUT2D eigenvalue weighted by Crippen LogP contribution is -2.39. The molecule has 0 aliphatic carbocycles. The Labute approximate surface area is 160 Å². The molecule has 1 aromatic carbocycles. The van der Waals surface area contributed by atoms with Crippen molar-refractivity contribution in [2.75, 3.05) is 31.6 Å². The molecule has 1 fully saturated rings. The van der Waals surface area contributed by atoms with Gasteiger partial charge in [-0.1, -0.05) is 19.1 Å². The van der Waals surface area contributed by atoms with Gasteiger partial charge in [0.2, 0.25) is 5.95 Å². The van der Waals surface area contributed by atoms with E-state index in [1.807, 2.05) is 12.1 Å². The molecule has 2 aliphatic heterocycles. The van der Waals surface area contributed by atoms with Crippen molar-refractivity contribution >= 4 is 5.95 Å². The van der Waals surface area contributed by atoms with Crippen molar-refractivity contribution in [3.63, 3.8) is 0 Å². The molecular formula is C21H28N4O2. The number of fused-ring (bicyclic) bond motifs is 1. The van der Waals surface area contributed by atoms with Crippen LogP contribution < -0.4 is 15.2 Å². The predicted molar refractivity (Wildman–Crippen MR) is 106 cm³/mol. The number of aromatic amines is 1. The van der Waals surface area contributed by atoms with Crippen molar-refractivity contribution < 1.29 is 4.74 Å². The van der Waals surface area contributed by atoms with Crippen LogP contribution in [-0.2, 0) is 19.5 Å². The Bertz CT molecular complexity index is 838. The molecule has 0 spiro atoms. The lowest BCUT2D eigenvalue weighted by Gasteiger charge is -2.32. The van der Waals surface area contributed by atoms with Gasteiger partial charge >= 0.3 is 0 Å². The van der Waals surface area contributed by atoms with E-state index in [0.717, 1.165) is 80.9 Å². The Hall–Kier alpha value is -2.34. The van der Waals surface area contributed by atoms with E-state index in [4.69, 9.17) is 9.72 Å². The quantitative estimate of drug-likeness (QED) is 0.899. The van der Waals surface area contributed by atoms with Gasteiger partial charge in [-0.3, -0.25) is 14.7 Å². The van der Waals surface area contributed by atoms with Crippen molar-refractivity contribution in [2.24, 2.45) is 5.92 Å². The maximum Gasteiger partial charge on any atom is 0.255 e. The Kier molecular flexibility index (Phi) is 5.16. The first-order valence-corrected chi connectivity index (χ1v) is 9.84. The fourth-order valence-electron chi connectivity index (χ4n) is 3.97. The van der Waals surface area contributed by atoms with E-state index in [9.17, 15) is 4.79 Å². The van der Waals surface area contributed by atoms with Crippen LogP contribution in [0.15, 0.2) is 29.1 Å². The van der Waals surface area contributed by atoms with Gasteiger partial charge in [0.15, 0.2) is 0 Å². The molecule has 27 heavy (non-hydrogen) atoms. The Morgan fingerprint density at radius 2 is 1.93 bits per heavy atom. The summed E-state index contributed by atoms with van der Waals surface area (Å²) in [5, 5.41) is 0. The summed E-state index contributed by atoms with van der Waals surface area (Å²) in [5.74, 6) is 2.37. The van der Waals surface area contributed by atoms with E-state index in [0.29, 0.717) is 0 Å². The van der Waals surface area contributed by atoms with Crippen LogP contribution in [0.3, 0.4) is 0 Å². The minimum absolute atomic E-state index is 0.0396. The molecule has 1 N–H and O–H groups in total. The second-order valence-corrected chi connectivity index (χ2v) is 7.79. The van der Waals surface area contributed by atoms with E-state index < -0.39 is 0 Å². The number of methoxy groups -OCH3 is 1. The summed E-state index contributed by atoms with van der Waals surface area (Å²) < 4.78 is 5.23. The molecule has 1 saturated heterocycles. The number of benzene rings is 1. The first-order valence-electron chi connectivity index (χ1n) is 9.84. The van der Waals surface area contributed by atoms with Gasteiger partial charge in [-0.25, -0.2) is 4.98 Å². The molecule has 6 heteroatoms. The highest BCUT2D eigenvalue weighted by Crippen LogP contribution is 2.22. The minimum Gasteiger partial charge on any atom is -0.497 e. The fraction of sp³-hybridized carbons (Fsp3) is 0.524. The summed E-state index contributed by atoms with van der Waals surface area (Å²) in [6.45, 7) is 6.69. The molecule has 1 aromatic heterocycles. The topological polar surface area (TPSA) is 61.5 Å². The lowest BCUT2D eigenvalue weighted by atomic mass is 9.99. The van der Waals surface area contributed by atoms with Crippen LogP contribution in [0.25, 0.3) is 0 Å². The smallest absolute Gasteiger partial charge is 0.255 e. The number of anilines is 1. The number of rotatable bonds is 4. The Balaban J connectivity index is 1.49. The number of hydrogen-bond donors (Lipinski definition) is 1. The van der Waals surface area contributed by atoms with Crippen LogP contribution in [0.4, 0.5) is 5.95 Å². The molecule has 144 valence electrons. The highest BCUT2D eigenvalue weighted by molar-refractivity contribution is 5.35. The number of nitrogens with one attached hydrogen (secondary N) is 1. The highest BCUT2D eigenvalue weighted by Gasteiger charge is 2.24. The van der Waals surface area contributed by atoms with E-state index in [1.54, 1.807) is 7.11 Å². The van der Waals surface area contributed by atoms with E-state index >= 15 is 0 Å². The number of aromatic nitrogens is 2. The molecule has 6 nitrogen and oxygen atoms in total. The molecule has 0 radical (unpaired) electrons. The molecule has 3 heterocycles. The van der Waals surface area contributed by atoms with Crippen LogP contribution in [-0.4, -0.2) is 41.6 Å². The average molecular weight is 368 g/mol. The molecule has 0 atom stereocenters. The third-order valence-corrected chi connectivity index (χ3v) is 5.79. The number of piperidine rings is 1. The fourth-order valence-corrected chi connectivity index (χ4v) is 3.97. The summed E-state index contributed by atoms with van der Waals surface area (Å²) in [5.41, 5.74) is 3.08. The van der Waals surface area contributed by atoms with Crippen molar-refractivity contribution in [1.29, 1.82) is 0 Å². The molecule has 2 aliphatic rings. The SMILES string of the molecule is COc1ccc(CN2CCc3c(nc(N4CCC(C)CC4)[nH]c3=O)C2)cc1. The second-order valence-electron chi connectivity index (χ2n) is 7.79. The zero-order valence-corrected chi connectivity index (χ0v) is 16.2. The zero-order chi connectivity index (χ0) is 18.8. The zero-order valence-electron chi connectivity index (χ0n) is 16.2. The Morgan fingerprint density at radius 1 is 1.19 bits per heavy atom. The summed E-state index contributed by atoms with van der Waals surface area (Å²) >= 11 is 0. The van der Waals surface area contributed by atoms with Crippen molar-refractivity contribution in [3.05, 3.63) is 51.4 Å². The molecule has 4 rings (SSSR count). The molecular weight excluding hydrogens is 340 g/mol. The largest absolute Gasteiger partial charge is 0.497 e. The minimum atomic E-state index is 0.0396. The van der Waals surface area contributed by atoms with Gasteiger partial charge in [0.05, 0.1) is 12.8 Å². The van der Waals surface area contributed by atoms with Gasteiger partial charge < -0.3 is 9.64 Å². The van der Waals surface area contributed by atoms with Gasteiger partial charge in [0.25, 0.3) is 5.56 Å². The number of H-pyrrole nitrogens is 1. The lowest BCUT2D eigenvalue weighted by molar-refractivity contribution is 0.240. The van der Waals surface area contributed by atoms with Crippen molar-refractivity contribution in [3.8, 4) is 5.75 Å². The maximum atomic E-state index is 12.6. The monoisotopic (exact) mass is 368 g/mol. The normalized spacial score (nSPS) is 18.4. The van der Waals surface area contributed by atoms with Crippen LogP contribution in [0, 0.1) is 5.92 Å². The molecule has 0 amide bonds. The van der Waals surface area contributed by atoms with Crippen LogP contribution >= 0.6 is 0 Å². The summed E-state index contributed by atoms with van der Waals surface area (Å²) in [6, 6.07) is 8.18. The van der Waals surface area contributed by atoms with Gasteiger partial charge in [-0.15, -0.1) is 0 Å². The van der Waals surface area contributed by atoms with E-state index in [1.165, 1.54) is 5.56 Å². The molecule has 2 aromatic rings. The molecule has 0 bridgehead atoms. The predicted octanol–water partition coefficient (Wildman–Crippen LogP) is 2.57. The van der Waals surface area contributed by atoms with E-state index in [-0.39, 0.29) is 5.56 Å². The number of nitrogens with zero attached hydrogens (tertiary/aromatic N) is 3. The molecule has 0 saturated carbocycles. The van der Waals surface area contributed by atoms with Crippen LogP contribution in [0.1, 0.15) is 36.6 Å². The highest BCUT2D eigenvalue weighted by atomic mass is 16.5. The average Bonchev–Trinajstić information content (AvgIpc) is 2.69. The summed E-state index contributed by atoms with van der Waals surface area (Å²) in [7, 11) is 1.68. The first-order chi connectivity index (χ1) is 13.1. The van der Waals surface area contributed by atoms with Gasteiger partial charge in [0, 0.05) is 38.3 Å². The molecule has 0 unspecified atom stereocenters. The first kappa shape index (κ1) is 18.0. The van der Waals surface area contributed by atoms with Crippen molar-refractivity contribution in [2.45, 2.75) is 39.3 Å².